The van der Waals surface area contributed by atoms with Crippen molar-refractivity contribution in [3.63, 3.8) is 0 Å². The van der Waals surface area contributed by atoms with Crippen LogP contribution in [0.2, 0.25) is 0 Å². The summed E-state index contributed by atoms with van der Waals surface area (Å²) in [7, 11) is -2.00. The van der Waals surface area contributed by atoms with Gasteiger partial charge in [0.15, 0.2) is 5.82 Å². The summed E-state index contributed by atoms with van der Waals surface area (Å²) in [5, 5.41) is 8.64. The molecular weight excluding hydrogens is 440 g/mol. The first-order chi connectivity index (χ1) is 14.5. The lowest BCUT2D eigenvalue weighted by molar-refractivity contribution is -0.118. The number of nitrogens with one attached hydrogen (secondary N) is 2. The van der Waals surface area contributed by atoms with Crippen molar-refractivity contribution in [3.8, 4) is 0 Å². The van der Waals surface area contributed by atoms with Crippen LogP contribution in [-0.4, -0.2) is 53.8 Å². The van der Waals surface area contributed by atoms with Crippen molar-refractivity contribution in [1.29, 1.82) is 0 Å². The van der Waals surface area contributed by atoms with E-state index in [2.05, 4.69) is 15.8 Å². The fraction of sp³-hybridized carbons (Fsp3) is 0.450. The zero-order valence-corrected chi connectivity index (χ0v) is 19.8. The van der Waals surface area contributed by atoms with Crippen LogP contribution in [0.5, 0.6) is 0 Å². The number of aryl methyl sites for hydroxylation is 1. The van der Waals surface area contributed by atoms with Gasteiger partial charge in [0.05, 0.1) is 15.9 Å². The van der Waals surface area contributed by atoms with Crippen molar-refractivity contribution in [2.75, 3.05) is 18.1 Å². The summed E-state index contributed by atoms with van der Waals surface area (Å²) in [6.07, 6.45) is 0. The van der Waals surface area contributed by atoms with E-state index < -0.39 is 15.3 Å². The van der Waals surface area contributed by atoms with Crippen LogP contribution in [0.15, 0.2) is 39.8 Å². The predicted molar refractivity (Wildman–Crippen MR) is 120 cm³/mol. The normalized spacial score (nSPS) is 12.7. The summed E-state index contributed by atoms with van der Waals surface area (Å²) in [4.78, 5) is 24.4. The molecule has 1 aromatic heterocycles. The standard InChI is InChI=1S/C20H28N4O5S2/c1-13(2)24(5)31(27,28)17-8-6-16(7-9-17)11-21-19(25)12-30-15(4)20(26)22-18-10-14(3)29-23-18/h6-10,13,15H,11-12H2,1-5H3,(H,21,25)(H,22,23,26). The van der Waals surface area contributed by atoms with Gasteiger partial charge in [0.1, 0.15) is 5.76 Å². The Hall–Kier alpha value is -2.37. The molecule has 1 unspecified atom stereocenters. The Morgan fingerprint density at radius 3 is 2.39 bits per heavy atom. The summed E-state index contributed by atoms with van der Waals surface area (Å²) in [6.45, 7) is 7.30. The smallest absolute Gasteiger partial charge is 0.243 e. The maximum Gasteiger partial charge on any atom is 0.243 e. The van der Waals surface area contributed by atoms with E-state index in [1.54, 1.807) is 52.9 Å². The van der Waals surface area contributed by atoms with E-state index >= 15 is 0 Å². The third-order valence-corrected chi connectivity index (χ3v) is 7.72. The molecule has 0 radical (unpaired) electrons. The lowest BCUT2D eigenvalue weighted by Crippen LogP contribution is -2.33. The first-order valence-corrected chi connectivity index (χ1v) is 12.2. The van der Waals surface area contributed by atoms with Gasteiger partial charge >= 0.3 is 0 Å². The second kappa shape index (κ2) is 10.8. The molecule has 1 aromatic carbocycles. The van der Waals surface area contributed by atoms with Gasteiger partial charge in [-0.15, -0.1) is 11.8 Å². The quantitative estimate of drug-likeness (QED) is 0.549. The van der Waals surface area contributed by atoms with Crippen molar-refractivity contribution >= 4 is 39.4 Å². The number of thioether (sulfide) groups is 1. The molecule has 0 saturated carbocycles. The van der Waals surface area contributed by atoms with Gasteiger partial charge in [0.25, 0.3) is 0 Å². The van der Waals surface area contributed by atoms with Crippen LogP contribution in [0.3, 0.4) is 0 Å². The molecule has 1 heterocycles. The highest BCUT2D eigenvalue weighted by atomic mass is 32.2. The monoisotopic (exact) mass is 468 g/mol. The Kier molecular flexibility index (Phi) is 8.66. The van der Waals surface area contributed by atoms with Crippen molar-refractivity contribution in [1.82, 2.24) is 14.8 Å². The molecule has 11 heteroatoms. The van der Waals surface area contributed by atoms with E-state index in [0.717, 1.165) is 5.56 Å². The lowest BCUT2D eigenvalue weighted by atomic mass is 10.2. The molecule has 0 aliphatic carbocycles. The summed E-state index contributed by atoms with van der Waals surface area (Å²) >= 11 is 1.20. The highest BCUT2D eigenvalue weighted by Gasteiger charge is 2.22. The summed E-state index contributed by atoms with van der Waals surface area (Å²) in [5.41, 5.74) is 0.775. The molecule has 0 saturated heterocycles. The van der Waals surface area contributed by atoms with Crippen LogP contribution in [0.25, 0.3) is 0 Å². The SMILES string of the molecule is Cc1cc(NC(=O)C(C)SCC(=O)NCc2ccc(S(=O)(=O)N(C)C(C)C)cc2)no1. The Bertz CT molecular complexity index is 1000. The molecule has 9 nitrogen and oxygen atoms in total. The zero-order chi connectivity index (χ0) is 23.2. The fourth-order valence-electron chi connectivity index (χ4n) is 2.40. The number of nitrogens with zero attached hydrogens (tertiary/aromatic N) is 2. The molecule has 0 fully saturated rings. The van der Waals surface area contributed by atoms with E-state index in [1.165, 1.54) is 28.2 Å². The maximum atomic E-state index is 12.5. The number of hydrogen-bond donors (Lipinski definition) is 2. The van der Waals surface area contributed by atoms with Gasteiger partial charge in [-0.05, 0) is 45.4 Å². The highest BCUT2D eigenvalue weighted by molar-refractivity contribution is 8.01. The molecule has 2 amide bonds. The van der Waals surface area contributed by atoms with Crippen molar-refractivity contribution in [3.05, 3.63) is 41.7 Å². The number of sulfonamides is 1. The second-order valence-corrected chi connectivity index (χ2v) is 10.6. The first-order valence-electron chi connectivity index (χ1n) is 9.70. The number of rotatable bonds is 10. The Morgan fingerprint density at radius 1 is 1.19 bits per heavy atom. The van der Waals surface area contributed by atoms with Crippen LogP contribution in [-0.2, 0) is 26.2 Å². The van der Waals surface area contributed by atoms with Gasteiger partial charge in [-0.1, -0.05) is 17.3 Å². The van der Waals surface area contributed by atoms with Crippen molar-refractivity contribution in [2.24, 2.45) is 0 Å². The van der Waals surface area contributed by atoms with E-state index in [1.807, 2.05) is 0 Å². The number of hydrogen-bond acceptors (Lipinski definition) is 7. The second-order valence-electron chi connectivity index (χ2n) is 7.30. The minimum Gasteiger partial charge on any atom is -0.360 e. The van der Waals surface area contributed by atoms with Gasteiger partial charge in [-0.25, -0.2) is 8.42 Å². The number of carbonyl (C=O) groups excluding carboxylic acids is 2. The van der Waals surface area contributed by atoms with Crippen LogP contribution in [0.4, 0.5) is 5.82 Å². The minimum absolute atomic E-state index is 0.109. The molecule has 170 valence electrons. The molecular formula is C20H28N4O5S2. The molecule has 2 N–H and O–H groups in total. The third kappa shape index (κ3) is 7.08. The van der Waals surface area contributed by atoms with Crippen LogP contribution < -0.4 is 10.6 Å². The number of anilines is 1. The number of benzene rings is 1. The molecule has 0 aliphatic rings. The molecule has 0 aliphatic heterocycles. The highest BCUT2D eigenvalue weighted by Crippen LogP contribution is 2.17. The largest absolute Gasteiger partial charge is 0.360 e. The van der Waals surface area contributed by atoms with Gasteiger partial charge in [-0.3, -0.25) is 9.59 Å². The van der Waals surface area contributed by atoms with E-state index in [9.17, 15) is 18.0 Å². The number of carbonyl (C=O) groups is 2. The maximum absolute atomic E-state index is 12.5. The number of aromatic nitrogens is 1. The summed E-state index contributed by atoms with van der Waals surface area (Å²) in [5.74, 6) is 0.544. The fourth-order valence-corrected chi connectivity index (χ4v) is 4.49. The van der Waals surface area contributed by atoms with Crippen LogP contribution in [0, 0.1) is 6.92 Å². The zero-order valence-electron chi connectivity index (χ0n) is 18.2. The lowest BCUT2D eigenvalue weighted by Gasteiger charge is -2.21. The van der Waals surface area contributed by atoms with E-state index in [0.29, 0.717) is 11.6 Å². The minimum atomic E-state index is -3.54. The molecule has 2 aromatic rings. The Balaban J connectivity index is 1.80. The summed E-state index contributed by atoms with van der Waals surface area (Å²) < 4.78 is 31.2. The van der Waals surface area contributed by atoms with Gasteiger partial charge < -0.3 is 15.2 Å². The van der Waals surface area contributed by atoms with Crippen LogP contribution >= 0.6 is 11.8 Å². The van der Waals surface area contributed by atoms with E-state index in [-0.39, 0.29) is 35.0 Å². The average molecular weight is 469 g/mol. The van der Waals surface area contributed by atoms with Crippen molar-refractivity contribution < 1.29 is 22.5 Å². The molecule has 0 bridgehead atoms. The first kappa shape index (κ1) is 24.9. The molecule has 0 spiro atoms. The van der Waals surface area contributed by atoms with Gasteiger partial charge in [0.2, 0.25) is 21.8 Å². The predicted octanol–water partition coefficient (Wildman–Crippen LogP) is 2.39. The molecule has 31 heavy (non-hydrogen) atoms. The molecule has 1 atom stereocenters. The third-order valence-electron chi connectivity index (χ3n) is 4.53. The number of amides is 2. The van der Waals surface area contributed by atoms with Crippen molar-refractivity contribution in [2.45, 2.75) is 50.4 Å². The Morgan fingerprint density at radius 2 is 1.84 bits per heavy atom. The molecule has 2 rings (SSSR count). The van der Waals surface area contributed by atoms with E-state index in [4.69, 9.17) is 4.52 Å². The average Bonchev–Trinajstić information content (AvgIpc) is 3.14. The Labute approximate surface area is 187 Å². The summed E-state index contributed by atoms with van der Waals surface area (Å²) in [6, 6.07) is 7.87. The van der Waals surface area contributed by atoms with Crippen LogP contribution in [0.1, 0.15) is 32.1 Å². The topological polar surface area (TPSA) is 122 Å². The van der Waals surface area contributed by atoms with Gasteiger partial charge in [-0.2, -0.15) is 4.31 Å². The van der Waals surface area contributed by atoms with Gasteiger partial charge in [0, 0.05) is 25.7 Å².